The molecule has 3 rings (SSSR count). The first-order valence-corrected chi connectivity index (χ1v) is 10.6. The average Bonchev–Trinajstić information content (AvgIpc) is 3.52. The lowest BCUT2D eigenvalue weighted by atomic mass is 10.1. The van der Waals surface area contributed by atoms with Crippen LogP contribution in [0, 0.1) is 12.8 Å². The van der Waals surface area contributed by atoms with Gasteiger partial charge >= 0.3 is 0 Å². The SMILES string of the molecule is CN=C(NCc1ccc(C)cc1OCC1CC1)NCC(C)N1CCN(C)CC1.I. The highest BCUT2D eigenvalue weighted by molar-refractivity contribution is 14.0. The van der Waals surface area contributed by atoms with Gasteiger partial charge in [0.05, 0.1) is 6.61 Å². The fourth-order valence-electron chi connectivity index (χ4n) is 3.47. The summed E-state index contributed by atoms with van der Waals surface area (Å²) in [6.45, 7) is 11.4. The molecule has 1 aromatic carbocycles. The van der Waals surface area contributed by atoms with Crippen LogP contribution >= 0.6 is 24.0 Å². The average molecular weight is 515 g/mol. The molecule has 1 saturated carbocycles. The number of nitrogens with zero attached hydrogens (tertiary/aromatic N) is 3. The standard InChI is InChI=1S/C22H37N5O.HI/c1-17-5-8-20(21(13-17)28-16-19-6-7-19)15-25-22(23-3)24-14-18(2)27-11-9-26(4)10-12-27;/h5,8,13,18-19H,6-7,9-12,14-16H2,1-4H3,(H2,23,24,25);1H. The molecule has 0 radical (unpaired) electrons. The van der Waals surface area contributed by atoms with Crippen LogP contribution in [0.3, 0.4) is 0 Å². The van der Waals surface area contributed by atoms with E-state index in [-0.39, 0.29) is 24.0 Å². The van der Waals surface area contributed by atoms with E-state index in [0.29, 0.717) is 12.6 Å². The Kier molecular flexibility index (Phi) is 9.98. The number of hydrogen-bond donors (Lipinski definition) is 2. The van der Waals surface area contributed by atoms with Gasteiger partial charge in [-0.15, -0.1) is 24.0 Å². The van der Waals surface area contributed by atoms with Crippen molar-refractivity contribution in [2.45, 2.75) is 39.3 Å². The monoisotopic (exact) mass is 515 g/mol. The summed E-state index contributed by atoms with van der Waals surface area (Å²) in [5.41, 5.74) is 2.42. The summed E-state index contributed by atoms with van der Waals surface area (Å²) in [6.07, 6.45) is 2.61. The lowest BCUT2D eigenvalue weighted by molar-refractivity contribution is 0.120. The second kappa shape index (κ2) is 12.0. The summed E-state index contributed by atoms with van der Waals surface area (Å²) in [6, 6.07) is 6.94. The number of ether oxygens (including phenoxy) is 1. The van der Waals surface area contributed by atoms with E-state index in [1.54, 1.807) is 0 Å². The Morgan fingerprint density at radius 2 is 1.93 bits per heavy atom. The third-order valence-corrected chi connectivity index (χ3v) is 5.79. The molecule has 1 atom stereocenters. The maximum Gasteiger partial charge on any atom is 0.191 e. The van der Waals surface area contributed by atoms with Crippen molar-refractivity contribution in [3.8, 4) is 5.75 Å². The Morgan fingerprint density at radius 3 is 2.59 bits per heavy atom. The van der Waals surface area contributed by atoms with Crippen LogP contribution in [0.15, 0.2) is 23.2 Å². The zero-order chi connectivity index (χ0) is 19.9. The molecule has 1 aliphatic heterocycles. The number of aryl methyl sites for hydroxylation is 1. The predicted octanol–water partition coefficient (Wildman–Crippen LogP) is 2.70. The Hall–Kier alpha value is -1.06. The van der Waals surface area contributed by atoms with Crippen molar-refractivity contribution in [2.75, 3.05) is 53.4 Å². The minimum Gasteiger partial charge on any atom is -0.493 e. The van der Waals surface area contributed by atoms with Crippen LogP contribution in [0.5, 0.6) is 5.75 Å². The number of halogens is 1. The predicted molar refractivity (Wildman–Crippen MR) is 132 cm³/mol. The maximum atomic E-state index is 6.08. The molecule has 0 spiro atoms. The third kappa shape index (κ3) is 7.94. The first kappa shape index (κ1) is 24.2. The van der Waals surface area contributed by atoms with Crippen molar-refractivity contribution in [3.05, 3.63) is 29.3 Å². The van der Waals surface area contributed by atoms with Gasteiger partial charge in [-0.1, -0.05) is 12.1 Å². The fourth-order valence-corrected chi connectivity index (χ4v) is 3.47. The number of nitrogens with one attached hydrogen (secondary N) is 2. The fraction of sp³-hybridized carbons (Fsp3) is 0.682. The lowest BCUT2D eigenvalue weighted by Gasteiger charge is -2.36. The van der Waals surface area contributed by atoms with Gasteiger partial charge in [0.25, 0.3) is 0 Å². The van der Waals surface area contributed by atoms with Crippen molar-refractivity contribution in [3.63, 3.8) is 0 Å². The molecule has 1 heterocycles. The number of likely N-dealkylation sites (N-methyl/N-ethyl adjacent to an activating group) is 1. The molecular formula is C22H38IN5O. The molecule has 29 heavy (non-hydrogen) atoms. The molecule has 2 N–H and O–H groups in total. The van der Waals surface area contributed by atoms with E-state index in [1.165, 1.54) is 24.0 Å². The Bertz CT molecular complexity index is 657. The number of hydrogen-bond acceptors (Lipinski definition) is 4. The van der Waals surface area contributed by atoms with E-state index in [2.05, 4.69) is 64.5 Å². The topological polar surface area (TPSA) is 52.1 Å². The van der Waals surface area contributed by atoms with Crippen molar-refractivity contribution in [1.82, 2.24) is 20.4 Å². The molecule has 2 fully saturated rings. The normalized spacial score (nSPS) is 19.4. The number of aliphatic imine (C=N–C) groups is 1. The molecule has 1 unspecified atom stereocenters. The van der Waals surface area contributed by atoms with Gasteiger partial charge in [0.2, 0.25) is 0 Å². The van der Waals surface area contributed by atoms with Gasteiger partial charge in [0.1, 0.15) is 5.75 Å². The van der Waals surface area contributed by atoms with Crippen molar-refractivity contribution in [1.29, 1.82) is 0 Å². The van der Waals surface area contributed by atoms with E-state index < -0.39 is 0 Å². The Labute approximate surface area is 193 Å². The lowest BCUT2D eigenvalue weighted by Crippen LogP contribution is -2.52. The van der Waals surface area contributed by atoms with E-state index in [9.17, 15) is 0 Å². The molecule has 164 valence electrons. The highest BCUT2D eigenvalue weighted by Gasteiger charge is 2.22. The molecule has 1 aromatic rings. The van der Waals surface area contributed by atoms with E-state index in [4.69, 9.17) is 4.74 Å². The minimum absolute atomic E-state index is 0. The van der Waals surface area contributed by atoms with Crippen LogP contribution < -0.4 is 15.4 Å². The van der Waals surface area contributed by atoms with Gasteiger partial charge in [-0.2, -0.15) is 0 Å². The van der Waals surface area contributed by atoms with Crippen LogP contribution in [0.2, 0.25) is 0 Å². The summed E-state index contributed by atoms with van der Waals surface area (Å²) in [7, 11) is 4.02. The second-order valence-corrected chi connectivity index (χ2v) is 8.36. The maximum absolute atomic E-state index is 6.08. The Balaban J connectivity index is 0.00000300. The first-order chi connectivity index (χ1) is 13.5. The smallest absolute Gasteiger partial charge is 0.191 e. The summed E-state index contributed by atoms with van der Waals surface area (Å²) in [5.74, 6) is 2.60. The van der Waals surface area contributed by atoms with E-state index >= 15 is 0 Å². The molecule has 0 amide bonds. The van der Waals surface area contributed by atoms with E-state index in [0.717, 1.165) is 57.0 Å². The van der Waals surface area contributed by atoms with Crippen LogP contribution in [-0.2, 0) is 6.54 Å². The van der Waals surface area contributed by atoms with Gasteiger partial charge in [0, 0.05) is 57.9 Å². The van der Waals surface area contributed by atoms with Crippen LogP contribution in [-0.4, -0.2) is 75.2 Å². The molecule has 1 saturated heterocycles. The first-order valence-electron chi connectivity index (χ1n) is 10.6. The van der Waals surface area contributed by atoms with Crippen molar-refractivity contribution >= 4 is 29.9 Å². The number of piperazine rings is 1. The molecule has 6 nitrogen and oxygen atoms in total. The van der Waals surface area contributed by atoms with Crippen LogP contribution in [0.1, 0.15) is 30.9 Å². The summed E-state index contributed by atoms with van der Waals surface area (Å²) in [5, 5.41) is 6.93. The van der Waals surface area contributed by atoms with Crippen molar-refractivity contribution in [2.24, 2.45) is 10.9 Å². The summed E-state index contributed by atoms with van der Waals surface area (Å²) < 4.78 is 6.08. The summed E-state index contributed by atoms with van der Waals surface area (Å²) in [4.78, 5) is 9.33. The molecule has 2 aliphatic rings. The van der Waals surface area contributed by atoms with Crippen molar-refractivity contribution < 1.29 is 4.74 Å². The number of benzene rings is 1. The molecule has 7 heteroatoms. The van der Waals surface area contributed by atoms with Gasteiger partial charge in [0.15, 0.2) is 5.96 Å². The van der Waals surface area contributed by atoms with Gasteiger partial charge in [-0.05, 0) is 51.3 Å². The molecule has 0 bridgehead atoms. The highest BCUT2D eigenvalue weighted by Crippen LogP contribution is 2.30. The van der Waals surface area contributed by atoms with E-state index in [1.807, 2.05) is 7.05 Å². The zero-order valence-corrected chi connectivity index (χ0v) is 20.7. The van der Waals surface area contributed by atoms with Gasteiger partial charge in [-0.25, -0.2) is 0 Å². The second-order valence-electron chi connectivity index (χ2n) is 8.36. The minimum atomic E-state index is 0. The van der Waals surface area contributed by atoms with Crippen LogP contribution in [0.25, 0.3) is 0 Å². The third-order valence-electron chi connectivity index (χ3n) is 5.79. The highest BCUT2D eigenvalue weighted by atomic mass is 127. The largest absolute Gasteiger partial charge is 0.493 e. The number of guanidine groups is 1. The Morgan fingerprint density at radius 1 is 1.21 bits per heavy atom. The van der Waals surface area contributed by atoms with Gasteiger partial charge in [-0.3, -0.25) is 9.89 Å². The molecule has 1 aliphatic carbocycles. The molecular weight excluding hydrogens is 477 g/mol. The summed E-state index contributed by atoms with van der Waals surface area (Å²) >= 11 is 0. The van der Waals surface area contributed by atoms with Gasteiger partial charge < -0.3 is 20.3 Å². The molecule has 0 aromatic heterocycles. The van der Waals surface area contributed by atoms with Crippen LogP contribution in [0.4, 0.5) is 0 Å². The zero-order valence-electron chi connectivity index (χ0n) is 18.4. The quantitative estimate of drug-likeness (QED) is 0.317. The number of rotatable bonds is 8.